The van der Waals surface area contributed by atoms with Gasteiger partial charge in [-0.05, 0) is 37.1 Å². The molecule has 0 aliphatic heterocycles. The zero-order valence-electron chi connectivity index (χ0n) is 16.8. The summed E-state index contributed by atoms with van der Waals surface area (Å²) in [6.07, 6.45) is 0. The summed E-state index contributed by atoms with van der Waals surface area (Å²) in [4.78, 5) is 25.0. The van der Waals surface area contributed by atoms with Gasteiger partial charge in [-0.3, -0.25) is 10.1 Å². The van der Waals surface area contributed by atoms with Crippen LogP contribution in [0.3, 0.4) is 0 Å². The smallest absolute Gasteiger partial charge is 0.319 e. The molecule has 3 rings (SSSR count). The molecule has 0 bridgehead atoms. The molecule has 0 saturated heterocycles. The molecule has 156 valence electrons. The third-order valence-electron chi connectivity index (χ3n) is 4.24. The Morgan fingerprint density at radius 2 is 1.80 bits per heavy atom. The van der Waals surface area contributed by atoms with Crippen molar-refractivity contribution in [2.75, 3.05) is 10.6 Å². The predicted molar refractivity (Wildman–Crippen MR) is 116 cm³/mol. The summed E-state index contributed by atoms with van der Waals surface area (Å²) >= 11 is 1.25. The Balaban J connectivity index is 1.65. The number of hydrogen-bond donors (Lipinski definition) is 3. The number of anilines is 2. The van der Waals surface area contributed by atoms with Crippen molar-refractivity contribution in [3.63, 3.8) is 0 Å². The molecule has 0 aliphatic carbocycles. The van der Waals surface area contributed by atoms with Crippen molar-refractivity contribution in [1.29, 1.82) is 0 Å². The van der Waals surface area contributed by atoms with E-state index in [2.05, 4.69) is 26.1 Å². The van der Waals surface area contributed by atoms with Gasteiger partial charge in [-0.25, -0.2) is 9.18 Å². The molecule has 1 atom stereocenters. The van der Waals surface area contributed by atoms with Gasteiger partial charge in [0, 0.05) is 11.3 Å². The molecule has 1 unspecified atom stereocenters. The van der Waals surface area contributed by atoms with Gasteiger partial charge in [0.15, 0.2) is 0 Å². The monoisotopic (exact) mass is 427 g/mol. The predicted octanol–water partition coefficient (Wildman–Crippen LogP) is 4.44. The van der Waals surface area contributed by atoms with Crippen LogP contribution in [-0.4, -0.2) is 28.2 Å². The molecule has 2 aromatic carbocycles. The van der Waals surface area contributed by atoms with Crippen LogP contribution in [0, 0.1) is 18.7 Å². The van der Waals surface area contributed by atoms with Gasteiger partial charge in [0.05, 0.1) is 0 Å². The summed E-state index contributed by atoms with van der Waals surface area (Å²) in [6.45, 7) is 5.61. The highest BCUT2D eigenvalue weighted by Crippen LogP contribution is 2.27. The highest BCUT2D eigenvalue weighted by Gasteiger charge is 2.25. The first kappa shape index (κ1) is 21.4. The number of urea groups is 1. The van der Waals surface area contributed by atoms with Crippen LogP contribution in [0.1, 0.15) is 19.4 Å². The standard InChI is InChI=1S/C21H22FN5O2S/c1-12(2)17(24-20(29)23-16-9-5-8-15(22)11-16)18(28)25-21-27-26-19(30-21)14-7-4-6-13(3)10-14/h4-12,17H,1-3H3,(H2,23,24,29)(H,25,27,28). The van der Waals surface area contributed by atoms with Crippen LogP contribution in [0.15, 0.2) is 48.5 Å². The van der Waals surface area contributed by atoms with E-state index >= 15 is 0 Å². The molecular weight excluding hydrogens is 405 g/mol. The topological polar surface area (TPSA) is 96.0 Å². The van der Waals surface area contributed by atoms with Crippen LogP contribution in [0.4, 0.5) is 20.0 Å². The van der Waals surface area contributed by atoms with Gasteiger partial charge in [0.25, 0.3) is 0 Å². The fraction of sp³-hybridized carbons (Fsp3) is 0.238. The van der Waals surface area contributed by atoms with E-state index < -0.39 is 23.8 Å². The van der Waals surface area contributed by atoms with E-state index in [9.17, 15) is 14.0 Å². The van der Waals surface area contributed by atoms with E-state index in [0.717, 1.165) is 11.1 Å². The summed E-state index contributed by atoms with van der Waals surface area (Å²) < 4.78 is 13.3. The Hall–Kier alpha value is -3.33. The number of nitrogens with zero attached hydrogens (tertiary/aromatic N) is 2. The molecule has 0 spiro atoms. The molecule has 0 aliphatic rings. The van der Waals surface area contributed by atoms with Crippen molar-refractivity contribution in [2.45, 2.75) is 26.8 Å². The normalized spacial score (nSPS) is 11.8. The Labute approximate surface area is 177 Å². The Bertz CT molecular complexity index is 1050. The third-order valence-corrected chi connectivity index (χ3v) is 5.13. The number of nitrogens with one attached hydrogen (secondary N) is 3. The van der Waals surface area contributed by atoms with Crippen LogP contribution in [0.5, 0.6) is 0 Å². The SMILES string of the molecule is Cc1cccc(-c2nnc(NC(=O)C(NC(=O)Nc3cccc(F)c3)C(C)C)s2)c1. The maximum atomic E-state index is 13.3. The zero-order chi connectivity index (χ0) is 21.7. The molecule has 7 nitrogen and oxygen atoms in total. The first-order valence-corrected chi connectivity index (χ1v) is 10.2. The summed E-state index contributed by atoms with van der Waals surface area (Å²) in [5, 5.41) is 17.0. The van der Waals surface area contributed by atoms with Gasteiger partial charge in [0.1, 0.15) is 16.9 Å². The first-order valence-electron chi connectivity index (χ1n) is 9.36. The number of aromatic nitrogens is 2. The first-order chi connectivity index (χ1) is 14.3. The average Bonchev–Trinajstić information content (AvgIpc) is 3.14. The molecule has 3 aromatic rings. The molecule has 9 heteroatoms. The average molecular weight is 428 g/mol. The van der Waals surface area contributed by atoms with Gasteiger partial charge in [-0.2, -0.15) is 0 Å². The van der Waals surface area contributed by atoms with Gasteiger partial charge >= 0.3 is 6.03 Å². The quantitative estimate of drug-likeness (QED) is 0.542. The summed E-state index contributed by atoms with van der Waals surface area (Å²) in [5.41, 5.74) is 2.31. The number of halogens is 1. The number of hydrogen-bond acceptors (Lipinski definition) is 5. The van der Waals surface area contributed by atoms with Crippen LogP contribution >= 0.6 is 11.3 Å². The molecule has 1 heterocycles. The lowest BCUT2D eigenvalue weighted by atomic mass is 10.0. The van der Waals surface area contributed by atoms with Crippen molar-refractivity contribution in [3.8, 4) is 10.6 Å². The van der Waals surface area contributed by atoms with Crippen molar-refractivity contribution in [3.05, 3.63) is 59.9 Å². The third kappa shape index (κ3) is 5.60. The number of carbonyl (C=O) groups is 2. The molecule has 30 heavy (non-hydrogen) atoms. The van der Waals surface area contributed by atoms with E-state index in [1.54, 1.807) is 6.07 Å². The largest absolute Gasteiger partial charge is 0.326 e. The molecular formula is C21H22FN5O2S. The molecule has 0 fully saturated rings. The van der Waals surface area contributed by atoms with Crippen molar-refractivity contribution >= 4 is 34.1 Å². The Morgan fingerprint density at radius 1 is 1.03 bits per heavy atom. The molecule has 1 aromatic heterocycles. The Morgan fingerprint density at radius 3 is 2.50 bits per heavy atom. The lowest BCUT2D eigenvalue weighted by Gasteiger charge is -2.21. The van der Waals surface area contributed by atoms with Crippen molar-refractivity contribution in [1.82, 2.24) is 15.5 Å². The fourth-order valence-electron chi connectivity index (χ4n) is 2.76. The second-order valence-corrected chi connectivity index (χ2v) is 8.08. The van der Waals surface area contributed by atoms with Crippen molar-refractivity contribution < 1.29 is 14.0 Å². The minimum Gasteiger partial charge on any atom is -0.326 e. The number of carbonyl (C=O) groups excluding carboxylic acids is 2. The summed E-state index contributed by atoms with van der Waals surface area (Å²) in [5.74, 6) is -1.06. The van der Waals surface area contributed by atoms with E-state index in [1.165, 1.54) is 29.5 Å². The van der Waals surface area contributed by atoms with Crippen molar-refractivity contribution in [2.24, 2.45) is 5.92 Å². The second-order valence-electron chi connectivity index (χ2n) is 7.10. The summed E-state index contributed by atoms with van der Waals surface area (Å²) in [7, 11) is 0. The van der Waals surface area contributed by atoms with E-state index in [1.807, 2.05) is 45.0 Å². The van der Waals surface area contributed by atoms with Gasteiger partial charge in [0.2, 0.25) is 11.0 Å². The lowest BCUT2D eigenvalue weighted by Crippen LogP contribution is -2.48. The van der Waals surface area contributed by atoms with Gasteiger partial charge in [-0.1, -0.05) is 55.0 Å². The van der Waals surface area contributed by atoms with Crippen LogP contribution in [0.2, 0.25) is 0 Å². The van der Waals surface area contributed by atoms with Gasteiger partial charge in [-0.15, -0.1) is 10.2 Å². The van der Waals surface area contributed by atoms with Gasteiger partial charge < -0.3 is 10.6 Å². The number of benzene rings is 2. The maximum absolute atomic E-state index is 13.3. The lowest BCUT2D eigenvalue weighted by molar-refractivity contribution is -0.118. The highest BCUT2D eigenvalue weighted by atomic mass is 32.1. The number of aryl methyl sites for hydroxylation is 1. The minimum atomic E-state index is -0.815. The molecule has 3 amide bonds. The maximum Gasteiger partial charge on any atom is 0.319 e. The molecule has 3 N–H and O–H groups in total. The van der Waals surface area contributed by atoms with E-state index in [4.69, 9.17) is 0 Å². The van der Waals surface area contributed by atoms with Crippen LogP contribution in [0.25, 0.3) is 10.6 Å². The number of rotatable bonds is 6. The fourth-order valence-corrected chi connectivity index (χ4v) is 3.50. The second kappa shape index (κ2) is 9.45. The number of amides is 3. The van der Waals surface area contributed by atoms with Crippen LogP contribution < -0.4 is 16.0 Å². The Kier molecular flexibility index (Phi) is 6.73. The van der Waals surface area contributed by atoms with E-state index in [-0.39, 0.29) is 5.92 Å². The minimum absolute atomic E-state index is 0.188. The highest BCUT2D eigenvalue weighted by molar-refractivity contribution is 7.18. The van der Waals surface area contributed by atoms with E-state index in [0.29, 0.717) is 15.8 Å². The molecule has 0 saturated carbocycles. The zero-order valence-corrected chi connectivity index (χ0v) is 17.6. The molecule has 0 radical (unpaired) electrons. The summed E-state index contributed by atoms with van der Waals surface area (Å²) in [6, 6.07) is 11.9. The van der Waals surface area contributed by atoms with Crippen LogP contribution in [-0.2, 0) is 4.79 Å².